The van der Waals surface area contributed by atoms with Crippen LogP contribution < -0.4 is 16.0 Å². The molecule has 0 atom stereocenters. The fourth-order valence-electron chi connectivity index (χ4n) is 1.34. The molecule has 2 fully saturated rings. The molecule has 6 N–H and O–H groups in total. The number of aliphatic carboxylic acids is 1. The van der Waals surface area contributed by atoms with Crippen molar-refractivity contribution in [2.45, 2.75) is 0 Å². The molecule has 0 aliphatic carbocycles. The van der Waals surface area contributed by atoms with Crippen LogP contribution in [0.3, 0.4) is 0 Å². The monoisotopic (exact) mass is 343 g/mol. The lowest BCUT2D eigenvalue weighted by atomic mass is 10.5. The number of carbonyl (C=O) groups is 1. The van der Waals surface area contributed by atoms with Crippen LogP contribution >= 0.6 is 7.60 Å². The molecule has 22 heavy (non-hydrogen) atoms. The first-order chi connectivity index (χ1) is 10.4. The van der Waals surface area contributed by atoms with Gasteiger partial charge >= 0.3 is 13.6 Å². The average molecular weight is 343 g/mol. The number of hydrogen-bond donors (Lipinski definition) is 6. The molecule has 0 radical (unpaired) electrons. The second-order valence-electron chi connectivity index (χ2n) is 4.37. The molecule has 10 nitrogen and oxygen atoms in total. The minimum Gasteiger partial charge on any atom is -0.480 e. The van der Waals surface area contributed by atoms with E-state index in [2.05, 4.69) is 16.0 Å². The second kappa shape index (κ2) is 14.0. The second-order valence-corrected chi connectivity index (χ2v) is 6.01. The molecule has 0 spiro atoms. The van der Waals surface area contributed by atoms with E-state index in [1.54, 1.807) is 0 Å². The first kappa shape index (κ1) is 21.4. The maximum Gasteiger partial charge on any atom is 0.339 e. The van der Waals surface area contributed by atoms with Gasteiger partial charge in [0, 0.05) is 26.2 Å². The minimum absolute atomic E-state index is 0.439. The first-order valence-electron chi connectivity index (χ1n) is 6.96. The van der Waals surface area contributed by atoms with Crippen molar-refractivity contribution >= 4 is 13.6 Å². The molecular formula is C11H26N3O7P. The van der Waals surface area contributed by atoms with Crippen LogP contribution in [0, 0.1) is 0 Å². The average Bonchev–Trinajstić information content (AvgIpc) is 2.50. The van der Waals surface area contributed by atoms with Crippen LogP contribution in [-0.2, 0) is 18.8 Å². The highest BCUT2D eigenvalue weighted by molar-refractivity contribution is 7.51. The van der Waals surface area contributed by atoms with Crippen molar-refractivity contribution in [3.05, 3.63) is 0 Å². The Morgan fingerprint density at radius 3 is 1.59 bits per heavy atom. The lowest BCUT2D eigenvalue weighted by Crippen LogP contribution is -2.30. The fourth-order valence-corrected chi connectivity index (χ4v) is 1.74. The number of nitrogens with one attached hydrogen (secondary N) is 3. The van der Waals surface area contributed by atoms with Gasteiger partial charge in [-0.15, -0.1) is 0 Å². The molecule has 2 aliphatic rings. The third kappa shape index (κ3) is 19.4. The molecule has 0 aromatic rings. The van der Waals surface area contributed by atoms with E-state index in [1.807, 2.05) is 0 Å². The summed E-state index contributed by atoms with van der Waals surface area (Å²) >= 11 is 0. The maximum atomic E-state index is 10.1. The molecule has 0 aromatic heterocycles. The lowest BCUT2D eigenvalue weighted by Gasteiger charge is -2.10. The van der Waals surface area contributed by atoms with Gasteiger partial charge in [0.2, 0.25) is 0 Å². The number of carboxylic acid groups (broad SMARTS) is 1. The number of rotatable bonds is 4. The van der Waals surface area contributed by atoms with E-state index in [4.69, 9.17) is 24.4 Å². The topological polar surface area (TPSA) is 149 Å². The van der Waals surface area contributed by atoms with E-state index in [0.29, 0.717) is 0 Å². The van der Waals surface area contributed by atoms with Gasteiger partial charge in [0.15, 0.2) is 0 Å². The highest BCUT2D eigenvalue weighted by Crippen LogP contribution is 2.31. The zero-order valence-corrected chi connectivity index (χ0v) is 13.4. The molecule has 0 unspecified atom stereocenters. The summed E-state index contributed by atoms with van der Waals surface area (Å²) < 4.78 is 20.1. The van der Waals surface area contributed by atoms with E-state index in [1.165, 1.54) is 0 Å². The van der Waals surface area contributed by atoms with E-state index in [0.717, 1.165) is 52.6 Å². The number of ether oxygens (including phenoxy) is 2. The predicted molar refractivity (Wildman–Crippen MR) is 79.9 cm³/mol. The number of morpholine rings is 2. The van der Waals surface area contributed by atoms with Crippen LogP contribution in [0.25, 0.3) is 0 Å². The van der Waals surface area contributed by atoms with Crippen molar-refractivity contribution in [1.82, 2.24) is 16.0 Å². The van der Waals surface area contributed by atoms with Crippen molar-refractivity contribution < 1.29 is 33.7 Å². The lowest BCUT2D eigenvalue weighted by molar-refractivity contribution is -0.135. The molecule has 132 valence electrons. The van der Waals surface area contributed by atoms with Gasteiger partial charge in [-0.1, -0.05) is 0 Å². The first-order valence-corrected chi connectivity index (χ1v) is 8.75. The minimum atomic E-state index is -4.10. The van der Waals surface area contributed by atoms with Gasteiger partial charge in [-0.05, 0) is 0 Å². The summed E-state index contributed by atoms with van der Waals surface area (Å²) in [6, 6.07) is 0. The van der Waals surface area contributed by atoms with Crippen molar-refractivity contribution in [1.29, 1.82) is 0 Å². The van der Waals surface area contributed by atoms with Gasteiger partial charge in [-0.3, -0.25) is 14.7 Å². The quantitative estimate of drug-likeness (QED) is 0.317. The van der Waals surface area contributed by atoms with Crippen molar-refractivity contribution in [3.63, 3.8) is 0 Å². The van der Waals surface area contributed by atoms with Crippen LogP contribution in [0.5, 0.6) is 0 Å². The van der Waals surface area contributed by atoms with Crippen LogP contribution in [-0.4, -0.2) is 86.3 Å². The zero-order valence-electron chi connectivity index (χ0n) is 12.5. The Kier molecular flexibility index (Phi) is 13.7. The Hall–Kier alpha value is -0.580. The largest absolute Gasteiger partial charge is 0.480 e. The molecule has 2 saturated heterocycles. The van der Waals surface area contributed by atoms with Gasteiger partial charge in [0.25, 0.3) is 0 Å². The highest BCUT2D eigenvalue weighted by Gasteiger charge is 2.11. The van der Waals surface area contributed by atoms with Gasteiger partial charge in [0.1, 0.15) is 0 Å². The van der Waals surface area contributed by atoms with E-state index in [-0.39, 0.29) is 0 Å². The molecular weight excluding hydrogens is 317 g/mol. The van der Waals surface area contributed by atoms with Gasteiger partial charge in [-0.2, -0.15) is 0 Å². The van der Waals surface area contributed by atoms with Gasteiger partial charge in [-0.25, -0.2) is 0 Å². The Labute approximate surface area is 129 Å². The summed E-state index contributed by atoms with van der Waals surface area (Å²) in [5, 5.41) is 16.4. The smallest absolute Gasteiger partial charge is 0.339 e. The number of carboxylic acids is 1. The third-order valence-electron chi connectivity index (χ3n) is 2.29. The Bertz CT molecular complexity index is 284. The van der Waals surface area contributed by atoms with Crippen LogP contribution in [0.2, 0.25) is 0 Å². The fraction of sp³-hybridized carbons (Fsp3) is 0.909. The van der Waals surface area contributed by atoms with Crippen molar-refractivity contribution in [3.8, 4) is 0 Å². The summed E-state index contributed by atoms with van der Waals surface area (Å²) in [4.78, 5) is 26.1. The molecule has 0 aromatic carbocycles. The molecule has 2 aliphatic heterocycles. The van der Waals surface area contributed by atoms with Crippen LogP contribution in [0.1, 0.15) is 0 Å². The maximum absolute atomic E-state index is 10.1. The SMILES string of the molecule is C1COCCN1.C1COCCN1.O=C(O)CNCP(=O)(O)O. The highest BCUT2D eigenvalue weighted by atomic mass is 31.2. The molecule has 11 heteroatoms. The Balaban J connectivity index is 0.000000315. The van der Waals surface area contributed by atoms with E-state index >= 15 is 0 Å². The van der Waals surface area contributed by atoms with Gasteiger partial charge in [0.05, 0.1) is 39.3 Å². The van der Waals surface area contributed by atoms with E-state index < -0.39 is 26.4 Å². The number of hydrogen-bond acceptors (Lipinski definition) is 7. The predicted octanol–water partition coefficient (Wildman–Crippen LogP) is -1.99. The summed E-state index contributed by atoms with van der Waals surface area (Å²) in [5.74, 6) is -1.14. The molecule has 0 saturated carbocycles. The third-order valence-corrected chi connectivity index (χ3v) is 2.92. The van der Waals surface area contributed by atoms with Crippen LogP contribution in [0.4, 0.5) is 0 Å². The molecule has 2 rings (SSSR count). The van der Waals surface area contributed by atoms with Crippen molar-refractivity contribution in [2.75, 3.05) is 65.4 Å². The summed E-state index contributed by atoms with van der Waals surface area (Å²) in [7, 11) is -4.10. The molecule has 2 heterocycles. The summed E-state index contributed by atoms with van der Waals surface area (Å²) in [6.45, 7) is 7.23. The summed E-state index contributed by atoms with van der Waals surface area (Å²) in [6.07, 6.45) is -0.598. The van der Waals surface area contributed by atoms with E-state index in [9.17, 15) is 9.36 Å². The summed E-state index contributed by atoms with van der Waals surface area (Å²) in [5.41, 5.74) is 0. The van der Waals surface area contributed by atoms with Crippen molar-refractivity contribution in [2.24, 2.45) is 0 Å². The molecule has 0 bridgehead atoms. The normalized spacial score (nSPS) is 18.3. The van der Waals surface area contributed by atoms with Gasteiger partial charge < -0.3 is 35.0 Å². The zero-order chi connectivity index (χ0) is 16.7. The Morgan fingerprint density at radius 2 is 1.41 bits per heavy atom. The van der Waals surface area contributed by atoms with Crippen LogP contribution in [0.15, 0.2) is 0 Å². The molecule has 0 amide bonds. The standard InChI is InChI=1S/2C4H9NO.C3H8NO5P/c2*1-3-6-4-2-5-1;5-3(6)1-4-2-10(7,8)9/h2*5H,1-4H2;4H,1-2H2,(H,5,6)(H2,7,8,9). The Morgan fingerprint density at radius 1 is 1.00 bits per heavy atom.